The highest BCUT2D eigenvalue weighted by molar-refractivity contribution is 5.92. The number of furan rings is 1. The van der Waals surface area contributed by atoms with Gasteiger partial charge >= 0.3 is 0 Å². The van der Waals surface area contributed by atoms with Crippen molar-refractivity contribution in [2.45, 2.75) is 25.4 Å². The number of likely N-dealkylation sites (tertiary alicyclic amines) is 1. The van der Waals surface area contributed by atoms with Crippen LogP contribution in [0.25, 0.3) is 0 Å². The van der Waals surface area contributed by atoms with Crippen molar-refractivity contribution >= 4 is 11.6 Å². The molecule has 2 heterocycles. The Morgan fingerprint density at radius 3 is 2.41 bits per heavy atom. The van der Waals surface area contributed by atoms with Crippen molar-refractivity contribution in [1.82, 2.24) is 10.2 Å². The molecule has 0 radical (unpaired) electrons. The highest BCUT2D eigenvalue weighted by Crippen LogP contribution is 2.22. The number of hydrogen-bond acceptors (Lipinski definition) is 4. The van der Waals surface area contributed by atoms with Gasteiger partial charge in [0.2, 0.25) is 5.91 Å². The summed E-state index contributed by atoms with van der Waals surface area (Å²) in [6, 6.07) is 21.7. The second-order valence-corrected chi connectivity index (χ2v) is 7.47. The maximum absolute atomic E-state index is 12.5. The Morgan fingerprint density at radius 2 is 1.72 bits per heavy atom. The molecule has 3 aromatic rings. The van der Waals surface area contributed by atoms with Crippen LogP contribution < -0.4 is 10.6 Å². The SMILES string of the molecule is O=C(CN[C@@H](c1ccccc1)c1ccco1)Nc1ccc(CN2CCCC2)cc1. The summed E-state index contributed by atoms with van der Waals surface area (Å²) in [6.07, 6.45) is 4.24. The lowest BCUT2D eigenvalue weighted by atomic mass is 10.0. The zero-order valence-corrected chi connectivity index (χ0v) is 16.5. The van der Waals surface area contributed by atoms with E-state index in [0.29, 0.717) is 0 Å². The Morgan fingerprint density at radius 1 is 0.966 bits per heavy atom. The lowest BCUT2D eigenvalue weighted by Crippen LogP contribution is -2.31. The third-order valence-electron chi connectivity index (χ3n) is 5.27. The van der Waals surface area contributed by atoms with E-state index in [4.69, 9.17) is 4.42 Å². The van der Waals surface area contributed by atoms with Gasteiger partial charge in [0.05, 0.1) is 18.8 Å². The molecule has 1 aliphatic heterocycles. The summed E-state index contributed by atoms with van der Waals surface area (Å²) in [4.78, 5) is 14.9. The summed E-state index contributed by atoms with van der Waals surface area (Å²) >= 11 is 0. The van der Waals surface area contributed by atoms with Crippen molar-refractivity contribution < 1.29 is 9.21 Å². The third-order valence-corrected chi connectivity index (χ3v) is 5.27. The Balaban J connectivity index is 1.32. The van der Waals surface area contributed by atoms with E-state index in [0.717, 1.165) is 23.6 Å². The van der Waals surface area contributed by atoms with E-state index in [9.17, 15) is 4.79 Å². The van der Waals surface area contributed by atoms with Gasteiger partial charge in [-0.05, 0) is 61.3 Å². The minimum Gasteiger partial charge on any atom is -0.467 e. The number of nitrogens with zero attached hydrogens (tertiary/aromatic N) is 1. The van der Waals surface area contributed by atoms with Crippen LogP contribution in [0.1, 0.15) is 35.8 Å². The monoisotopic (exact) mass is 389 g/mol. The normalized spacial score (nSPS) is 15.3. The average Bonchev–Trinajstić information content (AvgIpc) is 3.45. The second kappa shape index (κ2) is 9.54. The van der Waals surface area contributed by atoms with Gasteiger partial charge in [-0.25, -0.2) is 0 Å². The number of benzene rings is 2. The Bertz CT molecular complexity index is 886. The lowest BCUT2D eigenvalue weighted by Gasteiger charge is -2.17. The van der Waals surface area contributed by atoms with E-state index in [1.165, 1.54) is 31.5 Å². The zero-order chi connectivity index (χ0) is 19.9. The molecule has 0 bridgehead atoms. The van der Waals surface area contributed by atoms with Crippen LogP contribution in [-0.2, 0) is 11.3 Å². The van der Waals surface area contributed by atoms with Crippen molar-refractivity contribution in [3.05, 3.63) is 89.9 Å². The van der Waals surface area contributed by atoms with Gasteiger partial charge in [0, 0.05) is 12.2 Å². The minimum absolute atomic E-state index is 0.0789. The van der Waals surface area contributed by atoms with Crippen molar-refractivity contribution in [3.63, 3.8) is 0 Å². The first kappa shape index (κ1) is 19.4. The van der Waals surface area contributed by atoms with E-state index in [2.05, 4.69) is 27.7 Å². The van der Waals surface area contributed by atoms with E-state index >= 15 is 0 Å². The van der Waals surface area contributed by atoms with Gasteiger partial charge < -0.3 is 9.73 Å². The van der Waals surface area contributed by atoms with Crippen LogP contribution in [0.3, 0.4) is 0 Å². The fraction of sp³-hybridized carbons (Fsp3) is 0.292. The first-order chi connectivity index (χ1) is 14.3. The molecule has 1 aromatic heterocycles. The number of rotatable bonds is 8. The summed E-state index contributed by atoms with van der Waals surface area (Å²) in [5.74, 6) is 0.708. The molecule has 0 spiro atoms. The smallest absolute Gasteiger partial charge is 0.238 e. The molecule has 0 aliphatic carbocycles. The summed E-state index contributed by atoms with van der Waals surface area (Å²) in [5, 5.41) is 6.27. The molecule has 1 fully saturated rings. The van der Waals surface area contributed by atoms with Crippen molar-refractivity contribution in [3.8, 4) is 0 Å². The van der Waals surface area contributed by atoms with Crippen LogP contribution in [0.2, 0.25) is 0 Å². The van der Waals surface area contributed by atoms with Crippen molar-refractivity contribution in [1.29, 1.82) is 0 Å². The van der Waals surface area contributed by atoms with Crippen LogP contribution in [0.4, 0.5) is 5.69 Å². The standard InChI is InChI=1S/C24H27N3O2/c28-23(26-21-12-10-19(11-13-21)18-27-14-4-5-15-27)17-25-24(22-9-6-16-29-22)20-7-2-1-3-8-20/h1-3,6-13,16,24-25H,4-5,14-15,17-18H2,(H,26,28)/t24-/m0/s1. The molecular weight excluding hydrogens is 362 g/mol. The first-order valence-electron chi connectivity index (χ1n) is 10.2. The topological polar surface area (TPSA) is 57.5 Å². The molecule has 0 unspecified atom stereocenters. The molecule has 4 rings (SSSR count). The van der Waals surface area contributed by atoms with E-state index < -0.39 is 0 Å². The quantitative estimate of drug-likeness (QED) is 0.606. The molecule has 2 N–H and O–H groups in total. The average molecular weight is 389 g/mol. The van der Waals surface area contributed by atoms with Crippen molar-refractivity contribution in [2.75, 3.05) is 25.0 Å². The highest BCUT2D eigenvalue weighted by atomic mass is 16.3. The van der Waals surface area contributed by atoms with Gasteiger partial charge in [0.15, 0.2) is 0 Å². The van der Waals surface area contributed by atoms with Crippen LogP contribution in [0.5, 0.6) is 0 Å². The molecular formula is C24H27N3O2. The minimum atomic E-state index is -0.167. The Kier molecular flexibility index (Phi) is 6.39. The molecule has 1 saturated heterocycles. The van der Waals surface area contributed by atoms with Crippen LogP contribution in [0.15, 0.2) is 77.4 Å². The van der Waals surface area contributed by atoms with Crippen LogP contribution >= 0.6 is 0 Å². The maximum atomic E-state index is 12.5. The summed E-state index contributed by atoms with van der Waals surface area (Å²) < 4.78 is 5.57. The fourth-order valence-corrected chi connectivity index (χ4v) is 3.78. The number of nitrogens with one attached hydrogen (secondary N) is 2. The zero-order valence-electron chi connectivity index (χ0n) is 16.5. The number of carbonyl (C=O) groups excluding carboxylic acids is 1. The van der Waals surface area contributed by atoms with E-state index in [-0.39, 0.29) is 18.5 Å². The number of hydrogen-bond donors (Lipinski definition) is 2. The summed E-state index contributed by atoms with van der Waals surface area (Å²) in [7, 11) is 0. The van der Waals surface area contributed by atoms with Gasteiger partial charge in [0.1, 0.15) is 5.76 Å². The largest absolute Gasteiger partial charge is 0.467 e. The number of amides is 1. The number of anilines is 1. The lowest BCUT2D eigenvalue weighted by molar-refractivity contribution is -0.115. The molecule has 1 amide bonds. The Hall–Kier alpha value is -2.89. The molecule has 5 heteroatoms. The molecule has 29 heavy (non-hydrogen) atoms. The molecule has 2 aromatic carbocycles. The third kappa shape index (κ3) is 5.34. The molecule has 150 valence electrons. The Labute approximate surface area is 171 Å². The predicted molar refractivity (Wildman–Crippen MR) is 115 cm³/mol. The van der Waals surface area contributed by atoms with Gasteiger partial charge in [-0.3, -0.25) is 15.0 Å². The molecule has 5 nitrogen and oxygen atoms in total. The van der Waals surface area contributed by atoms with E-state index in [1.807, 2.05) is 54.6 Å². The first-order valence-corrected chi connectivity index (χ1v) is 10.2. The maximum Gasteiger partial charge on any atom is 0.238 e. The van der Waals surface area contributed by atoms with Gasteiger partial charge in [-0.2, -0.15) is 0 Å². The van der Waals surface area contributed by atoms with Crippen molar-refractivity contribution in [2.24, 2.45) is 0 Å². The predicted octanol–water partition coefficient (Wildman–Crippen LogP) is 4.19. The molecule has 0 saturated carbocycles. The van der Waals surface area contributed by atoms with Gasteiger partial charge in [-0.15, -0.1) is 0 Å². The summed E-state index contributed by atoms with van der Waals surface area (Å²) in [5.41, 5.74) is 3.16. The summed E-state index contributed by atoms with van der Waals surface area (Å²) in [6.45, 7) is 3.54. The van der Waals surface area contributed by atoms with Crippen LogP contribution in [-0.4, -0.2) is 30.4 Å². The number of carbonyl (C=O) groups is 1. The van der Waals surface area contributed by atoms with Gasteiger partial charge in [-0.1, -0.05) is 42.5 Å². The fourth-order valence-electron chi connectivity index (χ4n) is 3.78. The molecule has 1 atom stereocenters. The van der Waals surface area contributed by atoms with Gasteiger partial charge in [0.25, 0.3) is 0 Å². The van der Waals surface area contributed by atoms with Crippen LogP contribution in [0, 0.1) is 0 Å². The highest BCUT2D eigenvalue weighted by Gasteiger charge is 2.17. The second-order valence-electron chi connectivity index (χ2n) is 7.47. The van der Waals surface area contributed by atoms with E-state index in [1.54, 1.807) is 6.26 Å². The molecule has 1 aliphatic rings.